The maximum atomic E-state index is 4.16. The fraction of sp³-hybridized carbons (Fsp3) is 0. The number of hydrogen-bond acceptors (Lipinski definition) is 14. The van der Waals surface area contributed by atoms with Gasteiger partial charge in [0.1, 0.15) is 5.82 Å². The zero-order valence-electron chi connectivity index (χ0n) is 42.3. The van der Waals surface area contributed by atoms with Crippen LogP contribution in [0.15, 0.2) is 233 Å². The van der Waals surface area contributed by atoms with Gasteiger partial charge in [0, 0.05) is 152 Å². The van der Waals surface area contributed by atoms with Crippen molar-refractivity contribution in [3.63, 3.8) is 0 Å². The number of nitrogens with one attached hydrogen (secondary N) is 7. The number of aromatic nitrogens is 7. The molecular weight excluding hydrogens is 953 g/mol. The van der Waals surface area contributed by atoms with Crippen LogP contribution in [0.4, 0.5) is 28.6 Å². The van der Waals surface area contributed by atoms with E-state index >= 15 is 0 Å². The van der Waals surface area contributed by atoms with Crippen molar-refractivity contribution >= 4 is 90.1 Å². The Balaban J connectivity index is 0.000000119. The molecule has 0 aromatic carbocycles. The zero-order chi connectivity index (χ0) is 53.8. The van der Waals surface area contributed by atoms with Gasteiger partial charge >= 0.3 is 0 Å². The molecule has 77 heavy (non-hydrogen) atoms. The minimum absolute atomic E-state index is 0.792. The number of pyridine rings is 7. The van der Waals surface area contributed by atoms with Crippen molar-refractivity contribution in [2.24, 2.45) is 0 Å². The molecule has 0 saturated carbocycles. The lowest BCUT2D eigenvalue weighted by atomic mass is 10.1. The van der Waals surface area contributed by atoms with E-state index in [0.29, 0.717) is 0 Å². The predicted octanol–water partition coefficient (Wildman–Crippen LogP) is 7.78. The highest BCUT2D eigenvalue weighted by molar-refractivity contribution is 5.75. The summed E-state index contributed by atoms with van der Waals surface area (Å²) in [5.41, 5.74) is 14.0. The molecule has 0 aliphatic carbocycles. The van der Waals surface area contributed by atoms with Crippen molar-refractivity contribution in [1.82, 2.24) is 45.5 Å². The second kappa shape index (κ2) is 26.1. The molecule has 14 heterocycles. The van der Waals surface area contributed by atoms with Crippen molar-refractivity contribution in [1.29, 1.82) is 0 Å². The van der Waals surface area contributed by atoms with Gasteiger partial charge in [0.15, 0.2) is 0 Å². The highest BCUT2D eigenvalue weighted by Gasteiger charge is 2.07. The number of fused-ring (bicyclic) bond motifs is 7. The van der Waals surface area contributed by atoms with Gasteiger partial charge in [0.05, 0.1) is 34.0 Å². The molecule has 7 aliphatic heterocycles. The van der Waals surface area contributed by atoms with Gasteiger partial charge in [0.25, 0.3) is 0 Å². The average Bonchev–Trinajstić information content (AvgIpc) is 3.46. The fourth-order valence-corrected chi connectivity index (χ4v) is 7.40. The lowest BCUT2D eigenvalue weighted by Crippen LogP contribution is -2.33. The smallest absolute Gasteiger partial charge is 0.137 e. The number of hydrogen-bond donors (Lipinski definition) is 7. The summed E-state index contributed by atoms with van der Waals surface area (Å²) in [4.78, 5) is 28.5. The van der Waals surface area contributed by atoms with Gasteiger partial charge in [-0.15, -0.1) is 0 Å². The molecule has 7 aliphatic rings. The second-order valence-electron chi connectivity index (χ2n) is 17.1. The van der Waals surface area contributed by atoms with Gasteiger partial charge in [-0.1, -0.05) is 58.2 Å². The number of rotatable bonds is 0. The molecule has 0 bridgehead atoms. The Morgan fingerprint density at radius 1 is 0.377 bits per heavy atom. The third-order valence-corrected chi connectivity index (χ3v) is 11.2. The summed E-state index contributed by atoms with van der Waals surface area (Å²) in [7, 11) is 0. The first-order valence-electron chi connectivity index (χ1n) is 24.1. The molecule has 0 saturated heterocycles. The molecule has 7 aromatic heterocycles. The van der Waals surface area contributed by atoms with E-state index in [9.17, 15) is 0 Å². The maximum absolute atomic E-state index is 4.16. The van der Waals surface area contributed by atoms with Crippen LogP contribution in [0.25, 0.3) is 61.5 Å². The fourth-order valence-electron chi connectivity index (χ4n) is 7.40. The minimum Gasteiger partial charge on any atom is -0.361 e. The van der Waals surface area contributed by atoms with E-state index in [2.05, 4.69) is 118 Å². The normalized spacial score (nSPS) is 13.9. The molecule has 14 heteroatoms. The molecule has 0 unspecified atom stereocenters. The molecule has 0 amide bonds. The SMILES string of the molecule is C=C1C=Cc2cccnc2N1.C=C1C=Cc2ccncc2N1.C=C1C=Cc2cnccc2N1.C=C1C=Cc2ncccc2N1.C=C1C=c2cccnc2=CN1.C=C1C=c2ccncc2=CN1.C=c1cc2c(cn1)=CC=CN2. The van der Waals surface area contributed by atoms with Crippen molar-refractivity contribution < 1.29 is 0 Å². The van der Waals surface area contributed by atoms with E-state index in [4.69, 9.17) is 0 Å². The van der Waals surface area contributed by atoms with Crippen LogP contribution in [0, 0.1) is 0 Å². The first-order valence-corrected chi connectivity index (χ1v) is 24.1. The molecular formula is C63H56N14. The number of allylic oxidation sites excluding steroid dienone is 7. The Labute approximate surface area is 447 Å². The summed E-state index contributed by atoms with van der Waals surface area (Å²) in [6, 6.07) is 19.5. The third-order valence-electron chi connectivity index (χ3n) is 11.2. The minimum atomic E-state index is 0.792. The Kier molecular flexibility index (Phi) is 17.7. The molecule has 0 radical (unpaired) electrons. The van der Waals surface area contributed by atoms with Gasteiger partial charge in [-0.25, -0.2) is 4.98 Å². The highest BCUT2D eigenvalue weighted by atomic mass is 15.0. The lowest BCUT2D eigenvalue weighted by Gasteiger charge is -2.12. The first kappa shape index (κ1) is 52.3. The zero-order valence-corrected chi connectivity index (χ0v) is 42.3. The summed E-state index contributed by atoms with van der Waals surface area (Å²) in [6.45, 7) is 26.5. The molecule has 0 spiro atoms. The summed E-state index contributed by atoms with van der Waals surface area (Å²) in [5.74, 6) is 0.889. The van der Waals surface area contributed by atoms with Crippen LogP contribution in [0.1, 0.15) is 22.4 Å². The standard InChI is InChI=1S/7C9H8N2/c1-7-4-8-2-3-10-5-9(8)6-11-7;1-7-2-3-8-6-10-5-4-9(8)11-7;1-7-2-3-8-4-5-10-6-9(8)11-7;1-7-4-5-8-9(11-7)3-2-6-10-8;1-7-4-5-8-3-2-6-10-9(8)11-7;1-7-5-9-8(6-11-7)3-2-4-10-9;1-7-5-8-3-2-4-10-9(8)6-11-7/h4*2-6,11H,1H2;2-6H,1H2,(H,10,11);2-6,10H,1H2;2-6,11H,1H2. The Hall–Kier alpha value is -11.0. The van der Waals surface area contributed by atoms with E-state index < -0.39 is 0 Å². The topological polar surface area (TPSA) is 174 Å². The van der Waals surface area contributed by atoms with Crippen LogP contribution in [0.2, 0.25) is 0 Å². The summed E-state index contributed by atoms with van der Waals surface area (Å²) >= 11 is 0. The van der Waals surface area contributed by atoms with E-state index in [0.717, 1.165) is 111 Å². The monoisotopic (exact) mass is 1010 g/mol. The third kappa shape index (κ3) is 15.5. The van der Waals surface area contributed by atoms with Gasteiger partial charge in [0.2, 0.25) is 0 Å². The quantitative estimate of drug-likeness (QED) is 0.0785. The molecule has 378 valence electrons. The molecule has 14 nitrogen and oxygen atoms in total. The molecule has 14 rings (SSSR count). The van der Waals surface area contributed by atoms with E-state index in [1.165, 1.54) is 5.22 Å². The summed E-state index contributed by atoms with van der Waals surface area (Å²) in [6.07, 6.45) is 47.2. The summed E-state index contributed by atoms with van der Waals surface area (Å²) < 4.78 is 0. The van der Waals surface area contributed by atoms with Crippen molar-refractivity contribution in [2.75, 3.05) is 26.6 Å². The van der Waals surface area contributed by atoms with Gasteiger partial charge in [-0.3, -0.25) is 29.9 Å². The van der Waals surface area contributed by atoms with Gasteiger partial charge in [-0.05, 0) is 127 Å². The Bertz CT molecular complexity index is 3610. The Morgan fingerprint density at radius 2 is 1.01 bits per heavy atom. The average molecular weight is 1010 g/mol. The predicted molar refractivity (Wildman–Crippen MR) is 320 cm³/mol. The van der Waals surface area contributed by atoms with Crippen LogP contribution in [-0.2, 0) is 0 Å². The number of anilines is 5. The Morgan fingerprint density at radius 3 is 1.86 bits per heavy atom. The van der Waals surface area contributed by atoms with Crippen LogP contribution >= 0.6 is 0 Å². The van der Waals surface area contributed by atoms with Crippen LogP contribution in [0.3, 0.4) is 0 Å². The first-order chi connectivity index (χ1) is 37.5. The van der Waals surface area contributed by atoms with Crippen LogP contribution in [-0.4, -0.2) is 34.9 Å². The van der Waals surface area contributed by atoms with Crippen molar-refractivity contribution in [2.45, 2.75) is 0 Å². The lowest BCUT2D eigenvalue weighted by molar-refractivity contribution is 1.12. The highest BCUT2D eigenvalue weighted by Crippen LogP contribution is 2.24. The molecule has 0 fully saturated rings. The number of nitrogens with zero attached hydrogens (tertiary/aromatic N) is 7. The van der Waals surface area contributed by atoms with Gasteiger partial charge in [-0.2, -0.15) is 0 Å². The van der Waals surface area contributed by atoms with Crippen LogP contribution in [0.5, 0.6) is 0 Å². The molecule has 7 N–H and O–H groups in total. The second-order valence-corrected chi connectivity index (χ2v) is 17.1. The summed E-state index contributed by atoms with van der Waals surface area (Å²) in [5, 5.41) is 27.9. The maximum Gasteiger partial charge on any atom is 0.137 e. The molecule has 0 atom stereocenters. The van der Waals surface area contributed by atoms with Crippen molar-refractivity contribution in [3.05, 3.63) is 287 Å². The van der Waals surface area contributed by atoms with E-state index in [1.807, 2.05) is 171 Å². The molecule has 7 aromatic rings. The van der Waals surface area contributed by atoms with E-state index in [1.54, 1.807) is 43.4 Å². The largest absolute Gasteiger partial charge is 0.361 e. The van der Waals surface area contributed by atoms with Crippen LogP contribution < -0.4 is 68.8 Å². The van der Waals surface area contributed by atoms with E-state index in [-0.39, 0.29) is 0 Å². The van der Waals surface area contributed by atoms with Crippen molar-refractivity contribution in [3.8, 4) is 0 Å². The van der Waals surface area contributed by atoms with Gasteiger partial charge < -0.3 is 37.2 Å².